The molecule has 2 aliphatic heterocycles. The smallest absolute Gasteiger partial charge is 0.410 e. The van der Waals surface area contributed by atoms with Crippen molar-refractivity contribution < 1.29 is 14.3 Å². The molecule has 132 valence electrons. The molecule has 2 amide bonds. The quantitative estimate of drug-likeness (QED) is 0.858. The van der Waals surface area contributed by atoms with Gasteiger partial charge in [-0.3, -0.25) is 14.6 Å². The molecule has 0 aromatic rings. The molecule has 0 aromatic carbocycles. The molecule has 0 radical (unpaired) electrons. The Balaban J connectivity index is 1.83. The Morgan fingerprint density at radius 3 is 2.43 bits per heavy atom. The molecule has 0 bridgehead atoms. The first-order valence-corrected chi connectivity index (χ1v) is 8.79. The summed E-state index contributed by atoms with van der Waals surface area (Å²) in [5, 5.41) is 3.02. The topological polar surface area (TPSA) is 61.9 Å². The minimum absolute atomic E-state index is 0.0561. The number of nitrogens with zero attached hydrogens (tertiary/aromatic N) is 2. The molecule has 2 fully saturated rings. The van der Waals surface area contributed by atoms with Crippen LogP contribution in [0.3, 0.4) is 0 Å². The molecule has 0 spiro atoms. The molecule has 2 unspecified atom stereocenters. The van der Waals surface area contributed by atoms with E-state index in [9.17, 15) is 9.59 Å². The fourth-order valence-electron chi connectivity index (χ4n) is 3.26. The third kappa shape index (κ3) is 5.09. The number of hydrogen-bond acceptors (Lipinski definition) is 4. The van der Waals surface area contributed by atoms with Crippen LogP contribution in [-0.4, -0.2) is 65.7 Å². The van der Waals surface area contributed by atoms with Crippen LogP contribution in [-0.2, 0) is 9.53 Å². The van der Waals surface area contributed by atoms with Gasteiger partial charge in [0.1, 0.15) is 11.6 Å². The first-order valence-electron chi connectivity index (χ1n) is 8.79. The normalized spacial score (nSPS) is 23.8. The first kappa shape index (κ1) is 18.0. The van der Waals surface area contributed by atoms with Crippen molar-refractivity contribution >= 4 is 12.0 Å². The third-order valence-electron chi connectivity index (χ3n) is 4.52. The van der Waals surface area contributed by atoms with Gasteiger partial charge in [-0.2, -0.15) is 0 Å². The van der Waals surface area contributed by atoms with Crippen molar-refractivity contribution in [3.8, 4) is 0 Å². The van der Waals surface area contributed by atoms with Gasteiger partial charge in [-0.1, -0.05) is 0 Å². The monoisotopic (exact) mass is 325 g/mol. The summed E-state index contributed by atoms with van der Waals surface area (Å²) < 4.78 is 5.41. The number of carbonyl (C=O) groups excluding carboxylic acids is 2. The van der Waals surface area contributed by atoms with Gasteiger partial charge < -0.3 is 10.1 Å². The van der Waals surface area contributed by atoms with E-state index in [1.807, 2.05) is 20.8 Å². The molecule has 6 nitrogen and oxygen atoms in total. The zero-order valence-electron chi connectivity index (χ0n) is 14.9. The van der Waals surface area contributed by atoms with E-state index in [2.05, 4.69) is 17.1 Å². The number of ether oxygens (including phenoxy) is 1. The van der Waals surface area contributed by atoms with Crippen molar-refractivity contribution in [3.63, 3.8) is 0 Å². The van der Waals surface area contributed by atoms with Gasteiger partial charge in [-0.15, -0.1) is 0 Å². The Hall–Kier alpha value is -1.30. The number of amides is 2. The highest BCUT2D eigenvalue weighted by Gasteiger charge is 2.36. The van der Waals surface area contributed by atoms with Gasteiger partial charge in [0.05, 0.1) is 0 Å². The van der Waals surface area contributed by atoms with Crippen molar-refractivity contribution in [2.24, 2.45) is 0 Å². The maximum absolute atomic E-state index is 12.5. The molecule has 2 aliphatic rings. The van der Waals surface area contributed by atoms with E-state index in [4.69, 9.17) is 4.74 Å². The standard InChI is InChI=1S/C17H31N3O3/c1-13(19-9-5-6-10-19)12-18-15(21)14-8-7-11-20(14)16(22)23-17(2,3)4/h13-14H,5-12H2,1-4H3,(H,18,21). The number of likely N-dealkylation sites (tertiary alicyclic amines) is 2. The summed E-state index contributed by atoms with van der Waals surface area (Å²) in [4.78, 5) is 28.7. The van der Waals surface area contributed by atoms with Crippen LogP contribution in [0.15, 0.2) is 0 Å². The Bertz CT molecular complexity index is 427. The third-order valence-corrected chi connectivity index (χ3v) is 4.52. The molecular weight excluding hydrogens is 294 g/mol. The fourth-order valence-corrected chi connectivity index (χ4v) is 3.26. The number of rotatable bonds is 4. The lowest BCUT2D eigenvalue weighted by molar-refractivity contribution is -0.125. The highest BCUT2D eigenvalue weighted by atomic mass is 16.6. The van der Waals surface area contributed by atoms with Crippen molar-refractivity contribution in [2.45, 2.75) is 71.1 Å². The van der Waals surface area contributed by atoms with E-state index < -0.39 is 11.6 Å². The lowest BCUT2D eigenvalue weighted by atomic mass is 10.2. The maximum Gasteiger partial charge on any atom is 0.410 e. The minimum atomic E-state index is -0.537. The molecule has 2 saturated heterocycles. The lowest BCUT2D eigenvalue weighted by Crippen LogP contribution is -2.50. The predicted molar refractivity (Wildman–Crippen MR) is 89.2 cm³/mol. The van der Waals surface area contributed by atoms with Gasteiger partial charge in [0.2, 0.25) is 5.91 Å². The Kier molecular flexibility index (Phi) is 5.89. The van der Waals surface area contributed by atoms with Gasteiger partial charge in [-0.05, 0) is 66.5 Å². The van der Waals surface area contributed by atoms with Gasteiger partial charge in [0.25, 0.3) is 0 Å². The van der Waals surface area contributed by atoms with Crippen LogP contribution in [0.5, 0.6) is 0 Å². The second-order valence-electron chi connectivity index (χ2n) is 7.67. The first-order chi connectivity index (χ1) is 10.8. The SMILES string of the molecule is CC(CNC(=O)C1CCCN1C(=O)OC(C)(C)C)N1CCCC1. The number of nitrogens with one attached hydrogen (secondary N) is 1. The number of hydrogen-bond donors (Lipinski definition) is 1. The highest BCUT2D eigenvalue weighted by Crippen LogP contribution is 2.21. The van der Waals surface area contributed by atoms with Crippen LogP contribution >= 0.6 is 0 Å². The molecule has 2 rings (SSSR count). The predicted octanol–water partition coefficient (Wildman–Crippen LogP) is 1.99. The van der Waals surface area contributed by atoms with E-state index in [0.29, 0.717) is 25.6 Å². The lowest BCUT2D eigenvalue weighted by Gasteiger charge is -2.29. The summed E-state index contributed by atoms with van der Waals surface area (Å²) >= 11 is 0. The Morgan fingerprint density at radius 1 is 1.17 bits per heavy atom. The molecule has 23 heavy (non-hydrogen) atoms. The van der Waals surface area contributed by atoms with E-state index in [1.165, 1.54) is 12.8 Å². The van der Waals surface area contributed by atoms with E-state index in [1.54, 1.807) is 4.90 Å². The average Bonchev–Trinajstić information content (AvgIpc) is 3.12. The Morgan fingerprint density at radius 2 is 1.83 bits per heavy atom. The van der Waals surface area contributed by atoms with Crippen molar-refractivity contribution in [1.29, 1.82) is 0 Å². The van der Waals surface area contributed by atoms with Crippen molar-refractivity contribution in [1.82, 2.24) is 15.1 Å². The van der Waals surface area contributed by atoms with Crippen LogP contribution in [0.2, 0.25) is 0 Å². The van der Waals surface area contributed by atoms with Crippen molar-refractivity contribution in [2.75, 3.05) is 26.2 Å². The molecular formula is C17H31N3O3. The summed E-state index contributed by atoms with van der Waals surface area (Å²) in [7, 11) is 0. The van der Waals surface area contributed by atoms with Crippen LogP contribution in [0.25, 0.3) is 0 Å². The summed E-state index contributed by atoms with van der Waals surface area (Å²) in [6.45, 7) is 11.1. The molecule has 6 heteroatoms. The van der Waals surface area contributed by atoms with E-state index >= 15 is 0 Å². The maximum atomic E-state index is 12.5. The molecule has 0 aromatic heterocycles. The number of carbonyl (C=O) groups is 2. The van der Waals surface area contributed by atoms with Crippen molar-refractivity contribution in [3.05, 3.63) is 0 Å². The van der Waals surface area contributed by atoms with Gasteiger partial charge >= 0.3 is 6.09 Å². The molecule has 2 atom stereocenters. The van der Waals surface area contributed by atoms with E-state index in [0.717, 1.165) is 19.5 Å². The summed E-state index contributed by atoms with van der Waals surface area (Å²) in [6.07, 6.45) is 3.66. The largest absolute Gasteiger partial charge is 0.444 e. The van der Waals surface area contributed by atoms with Crippen LogP contribution in [0.1, 0.15) is 53.4 Å². The van der Waals surface area contributed by atoms with Crippen LogP contribution in [0.4, 0.5) is 4.79 Å². The van der Waals surface area contributed by atoms with Crippen LogP contribution in [0, 0.1) is 0 Å². The van der Waals surface area contributed by atoms with Gasteiger partial charge in [0.15, 0.2) is 0 Å². The molecule has 1 N–H and O–H groups in total. The van der Waals surface area contributed by atoms with Gasteiger partial charge in [-0.25, -0.2) is 4.79 Å². The fraction of sp³-hybridized carbons (Fsp3) is 0.882. The van der Waals surface area contributed by atoms with Gasteiger partial charge in [0, 0.05) is 19.1 Å². The second-order valence-corrected chi connectivity index (χ2v) is 7.67. The molecule has 0 saturated carbocycles. The molecule has 2 heterocycles. The van der Waals surface area contributed by atoms with E-state index in [-0.39, 0.29) is 12.0 Å². The minimum Gasteiger partial charge on any atom is -0.444 e. The summed E-state index contributed by atoms with van der Waals surface area (Å²) in [5.74, 6) is -0.0561. The summed E-state index contributed by atoms with van der Waals surface area (Å²) in [6, 6.07) is -0.0477. The zero-order valence-corrected chi connectivity index (χ0v) is 14.9. The highest BCUT2D eigenvalue weighted by molar-refractivity contribution is 5.86. The van der Waals surface area contributed by atoms with Crippen LogP contribution < -0.4 is 5.32 Å². The summed E-state index contributed by atoms with van der Waals surface area (Å²) in [5.41, 5.74) is -0.537. The zero-order chi connectivity index (χ0) is 17.0. The second kappa shape index (κ2) is 7.51. The average molecular weight is 325 g/mol. The molecule has 0 aliphatic carbocycles. The Labute approximate surface area is 139 Å².